The average Bonchev–Trinajstić information content (AvgIpc) is 3.26. The summed E-state index contributed by atoms with van der Waals surface area (Å²) in [6, 6.07) is 9.43. The summed E-state index contributed by atoms with van der Waals surface area (Å²) < 4.78 is 29.5. The summed E-state index contributed by atoms with van der Waals surface area (Å²) in [5.41, 5.74) is 1.15. The molecular weight excluding hydrogens is 450 g/mol. The Kier molecular flexibility index (Phi) is 5.26. The Morgan fingerprint density at radius 3 is 2.67 bits per heavy atom. The number of imidazole rings is 1. The molecule has 0 saturated heterocycles. The number of anilines is 1. The monoisotopic (exact) mass is 466 g/mol. The van der Waals surface area contributed by atoms with E-state index in [1.807, 2.05) is 6.92 Å². The maximum Gasteiger partial charge on any atom is 0.264 e. The van der Waals surface area contributed by atoms with Crippen molar-refractivity contribution in [2.24, 2.45) is 0 Å². The van der Waals surface area contributed by atoms with Crippen molar-refractivity contribution < 1.29 is 8.78 Å². The van der Waals surface area contributed by atoms with Crippen LogP contribution in [0.15, 0.2) is 59.9 Å². The molecule has 5 aromatic rings. The fourth-order valence-electron chi connectivity index (χ4n) is 3.95. The number of aromatic nitrogens is 5. The highest BCUT2D eigenvalue weighted by Gasteiger charge is 2.22. The molecule has 5 rings (SSSR count). The van der Waals surface area contributed by atoms with Crippen LogP contribution < -0.4 is 10.9 Å². The van der Waals surface area contributed by atoms with Crippen LogP contribution in [0.25, 0.3) is 27.6 Å². The summed E-state index contributed by atoms with van der Waals surface area (Å²) in [6.07, 6.45) is 3.43. The highest BCUT2D eigenvalue weighted by atomic mass is 35.5. The SMILES string of the molecule is CCC(Nc1ncnc2[nH]cnc12)c1cc2cccc(Cl)c2c(=O)n1-c1cc(F)cc(F)c1. The van der Waals surface area contributed by atoms with Gasteiger partial charge in [-0.1, -0.05) is 30.7 Å². The molecule has 2 aromatic carbocycles. The number of H-pyrrole nitrogens is 1. The first-order valence-electron chi connectivity index (χ1n) is 10.2. The first-order valence-corrected chi connectivity index (χ1v) is 10.6. The van der Waals surface area contributed by atoms with Gasteiger partial charge in [-0.15, -0.1) is 0 Å². The van der Waals surface area contributed by atoms with Crippen molar-refractivity contribution in [3.63, 3.8) is 0 Å². The van der Waals surface area contributed by atoms with Crippen molar-refractivity contribution in [1.82, 2.24) is 24.5 Å². The molecular formula is C23H17ClF2N6O. The molecule has 0 bridgehead atoms. The van der Waals surface area contributed by atoms with Gasteiger partial charge in [0, 0.05) is 11.8 Å². The first-order chi connectivity index (χ1) is 16.0. The molecule has 0 amide bonds. The molecule has 0 aliphatic carbocycles. The summed E-state index contributed by atoms with van der Waals surface area (Å²) in [5, 5.41) is 4.44. The third-order valence-electron chi connectivity index (χ3n) is 5.42. The zero-order valence-electron chi connectivity index (χ0n) is 17.3. The van der Waals surface area contributed by atoms with Gasteiger partial charge in [0.2, 0.25) is 0 Å². The molecule has 3 aromatic heterocycles. The molecule has 0 saturated carbocycles. The first kappa shape index (κ1) is 21.0. The van der Waals surface area contributed by atoms with E-state index < -0.39 is 23.2 Å². The lowest BCUT2D eigenvalue weighted by atomic mass is 10.0. The Morgan fingerprint density at radius 1 is 1.12 bits per heavy atom. The molecule has 166 valence electrons. The summed E-state index contributed by atoms with van der Waals surface area (Å²) in [6.45, 7) is 1.92. The van der Waals surface area contributed by atoms with E-state index in [0.29, 0.717) is 34.5 Å². The van der Waals surface area contributed by atoms with Crippen LogP contribution in [0.2, 0.25) is 5.02 Å². The number of benzene rings is 2. The second kappa shape index (κ2) is 8.25. The molecule has 2 N–H and O–H groups in total. The van der Waals surface area contributed by atoms with Crippen LogP contribution >= 0.6 is 11.6 Å². The zero-order valence-corrected chi connectivity index (χ0v) is 18.1. The smallest absolute Gasteiger partial charge is 0.264 e. The maximum absolute atomic E-state index is 14.1. The summed E-state index contributed by atoms with van der Waals surface area (Å²) in [7, 11) is 0. The highest BCUT2D eigenvalue weighted by Crippen LogP contribution is 2.30. The van der Waals surface area contributed by atoms with Gasteiger partial charge < -0.3 is 10.3 Å². The molecule has 33 heavy (non-hydrogen) atoms. The van der Waals surface area contributed by atoms with Gasteiger partial charge in [-0.3, -0.25) is 9.36 Å². The van der Waals surface area contributed by atoms with Crippen LogP contribution in [0.1, 0.15) is 25.1 Å². The van der Waals surface area contributed by atoms with Gasteiger partial charge in [-0.05, 0) is 36.1 Å². The number of nitrogens with one attached hydrogen (secondary N) is 2. The number of fused-ring (bicyclic) bond motifs is 2. The van der Waals surface area contributed by atoms with Gasteiger partial charge in [0.25, 0.3) is 5.56 Å². The van der Waals surface area contributed by atoms with Gasteiger partial charge in [0.1, 0.15) is 23.5 Å². The van der Waals surface area contributed by atoms with Gasteiger partial charge in [-0.2, -0.15) is 0 Å². The number of hydrogen-bond acceptors (Lipinski definition) is 5. The molecule has 0 aliphatic rings. The van der Waals surface area contributed by atoms with Crippen LogP contribution in [0.4, 0.5) is 14.6 Å². The summed E-state index contributed by atoms with van der Waals surface area (Å²) in [5.74, 6) is -1.13. The number of aromatic amines is 1. The van der Waals surface area contributed by atoms with Crippen molar-refractivity contribution >= 4 is 39.4 Å². The lowest BCUT2D eigenvalue weighted by Crippen LogP contribution is -2.27. The van der Waals surface area contributed by atoms with Gasteiger partial charge in [0.15, 0.2) is 11.5 Å². The molecule has 10 heteroatoms. The number of hydrogen-bond donors (Lipinski definition) is 2. The minimum Gasteiger partial charge on any atom is -0.360 e. The van der Waals surface area contributed by atoms with Crippen molar-refractivity contribution in [3.8, 4) is 5.69 Å². The fourth-order valence-corrected chi connectivity index (χ4v) is 4.21. The number of rotatable bonds is 5. The minimum atomic E-state index is -0.794. The second-order valence-electron chi connectivity index (χ2n) is 7.47. The molecule has 1 atom stereocenters. The Labute approximate surface area is 191 Å². The quantitative estimate of drug-likeness (QED) is 0.374. The lowest BCUT2D eigenvalue weighted by Gasteiger charge is -2.23. The Hall–Kier alpha value is -3.85. The van der Waals surface area contributed by atoms with Crippen LogP contribution in [-0.4, -0.2) is 24.5 Å². The topological polar surface area (TPSA) is 88.5 Å². The number of pyridine rings is 1. The van der Waals surface area contributed by atoms with Crippen LogP contribution in [-0.2, 0) is 0 Å². The van der Waals surface area contributed by atoms with Crippen molar-refractivity contribution in [2.45, 2.75) is 19.4 Å². The molecule has 0 radical (unpaired) electrons. The largest absolute Gasteiger partial charge is 0.360 e. The van der Waals surface area contributed by atoms with E-state index in [9.17, 15) is 13.6 Å². The van der Waals surface area contributed by atoms with E-state index in [2.05, 4.69) is 25.3 Å². The molecule has 7 nitrogen and oxygen atoms in total. The summed E-state index contributed by atoms with van der Waals surface area (Å²) >= 11 is 6.33. The fraction of sp³-hybridized carbons (Fsp3) is 0.130. The molecule has 1 unspecified atom stereocenters. The van der Waals surface area contributed by atoms with Gasteiger partial charge in [-0.25, -0.2) is 23.7 Å². The molecule has 0 fully saturated rings. The average molecular weight is 467 g/mol. The Balaban J connectivity index is 1.76. The van der Waals surface area contributed by atoms with Crippen molar-refractivity contribution in [1.29, 1.82) is 0 Å². The molecule has 0 spiro atoms. The van der Waals surface area contributed by atoms with E-state index in [1.165, 1.54) is 17.2 Å². The third kappa shape index (κ3) is 3.70. The van der Waals surface area contributed by atoms with Gasteiger partial charge in [0.05, 0.1) is 28.5 Å². The molecule has 3 heterocycles. The normalized spacial score (nSPS) is 12.4. The predicted octanol–water partition coefficient (Wildman–Crippen LogP) is 5.15. The van der Waals surface area contributed by atoms with E-state index in [1.54, 1.807) is 24.3 Å². The predicted molar refractivity (Wildman–Crippen MR) is 123 cm³/mol. The zero-order chi connectivity index (χ0) is 23.1. The Bertz CT molecular complexity index is 1540. The van der Waals surface area contributed by atoms with E-state index >= 15 is 0 Å². The van der Waals surface area contributed by atoms with E-state index in [-0.39, 0.29) is 16.1 Å². The van der Waals surface area contributed by atoms with E-state index in [0.717, 1.165) is 18.2 Å². The maximum atomic E-state index is 14.1. The standard InChI is InChI=1S/C23H17ClF2N6O/c1-2-17(31-22-20-21(28-10-27-20)29-11-30-22)18-6-12-4-3-5-16(24)19(12)23(33)32(18)15-8-13(25)7-14(26)9-15/h3-11,17H,2H2,1H3,(H2,27,28,29,30,31). The Morgan fingerprint density at radius 2 is 1.91 bits per heavy atom. The van der Waals surface area contributed by atoms with Crippen LogP contribution in [0.5, 0.6) is 0 Å². The van der Waals surface area contributed by atoms with Crippen molar-refractivity contribution in [2.75, 3.05) is 5.32 Å². The van der Waals surface area contributed by atoms with Gasteiger partial charge >= 0.3 is 0 Å². The lowest BCUT2D eigenvalue weighted by molar-refractivity contribution is 0.579. The number of halogens is 3. The van der Waals surface area contributed by atoms with E-state index in [4.69, 9.17) is 11.6 Å². The minimum absolute atomic E-state index is 0.0576. The highest BCUT2D eigenvalue weighted by molar-refractivity contribution is 6.35. The van der Waals surface area contributed by atoms with Crippen LogP contribution in [0.3, 0.4) is 0 Å². The van der Waals surface area contributed by atoms with Crippen molar-refractivity contribution in [3.05, 3.63) is 87.8 Å². The van der Waals surface area contributed by atoms with Crippen LogP contribution in [0, 0.1) is 11.6 Å². The summed E-state index contributed by atoms with van der Waals surface area (Å²) in [4.78, 5) is 29.2. The second-order valence-corrected chi connectivity index (χ2v) is 7.88. The third-order valence-corrected chi connectivity index (χ3v) is 5.74. The molecule has 0 aliphatic heterocycles. The number of nitrogens with zero attached hydrogens (tertiary/aromatic N) is 4.